The summed E-state index contributed by atoms with van der Waals surface area (Å²) in [6, 6.07) is 7.92. The van der Waals surface area contributed by atoms with Crippen molar-refractivity contribution in [3.63, 3.8) is 0 Å². The Balaban J connectivity index is 2.01. The van der Waals surface area contributed by atoms with Gasteiger partial charge in [0, 0.05) is 29.6 Å². The molecule has 5 heteroatoms. The minimum Gasteiger partial charge on any atom is -0.481 e. The van der Waals surface area contributed by atoms with E-state index in [0.717, 1.165) is 22.3 Å². The number of benzene rings is 1. The first-order valence-electron chi connectivity index (χ1n) is 6.29. The maximum absolute atomic E-state index is 10.4. The van der Waals surface area contributed by atoms with Gasteiger partial charge in [-0.2, -0.15) is 0 Å². The van der Waals surface area contributed by atoms with Crippen LogP contribution in [-0.2, 0) is 4.79 Å². The predicted octanol–water partition coefficient (Wildman–Crippen LogP) is 2.11. The monoisotopic (exact) mass is 262 g/mol. The Morgan fingerprint density at radius 2 is 2.16 bits per heavy atom. The molecule has 4 N–H and O–H groups in total. The summed E-state index contributed by atoms with van der Waals surface area (Å²) in [5.41, 5.74) is 3.01. The second-order valence-electron chi connectivity index (χ2n) is 4.64. The highest BCUT2D eigenvalue weighted by Crippen LogP contribution is 2.26. The number of aromatic nitrogens is 1. The Hall–Kier alpha value is -2.01. The van der Waals surface area contributed by atoms with Gasteiger partial charge in [0.25, 0.3) is 0 Å². The molecule has 0 saturated carbocycles. The van der Waals surface area contributed by atoms with Crippen LogP contribution in [0.3, 0.4) is 0 Å². The first-order valence-corrected chi connectivity index (χ1v) is 6.29. The largest absolute Gasteiger partial charge is 0.481 e. The zero-order valence-electron chi connectivity index (χ0n) is 10.8. The van der Waals surface area contributed by atoms with E-state index in [2.05, 4.69) is 10.3 Å². The van der Waals surface area contributed by atoms with E-state index < -0.39 is 12.1 Å². The third-order valence-corrected chi connectivity index (χ3v) is 3.10. The van der Waals surface area contributed by atoms with E-state index in [1.54, 1.807) is 0 Å². The molecule has 0 aliphatic rings. The number of aromatic amines is 1. The Morgan fingerprint density at radius 1 is 1.42 bits per heavy atom. The molecule has 0 aliphatic heterocycles. The van der Waals surface area contributed by atoms with Crippen LogP contribution in [0.2, 0.25) is 0 Å². The molecule has 0 saturated heterocycles. The normalized spacial score (nSPS) is 12.5. The fourth-order valence-electron chi connectivity index (χ4n) is 2.12. The van der Waals surface area contributed by atoms with Gasteiger partial charge >= 0.3 is 5.97 Å². The number of hydrogen-bond donors (Lipinski definition) is 4. The van der Waals surface area contributed by atoms with Gasteiger partial charge in [0.1, 0.15) is 0 Å². The van der Waals surface area contributed by atoms with E-state index in [-0.39, 0.29) is 12.8 Å². The maximum Gasteiger partial charge on any atom is 0.303 e. The third kappa shape index (κ3) is 3.26. The minimum atomic E-state index is -0.887. The molecular formula is C14H18N2O3. The molecule has 1 aromatic heterocycles. The second kappa shape index (κ2) is 5.75. The Bertz CT molecular complexity index is 577. The van der Waals surface area contributed by atoms with E-state index >= 15 is 0 Å². The van der Waals surface area contributed by atoms with Crippen molar-refractivity contribution in [2.24, 2.45) is 0 Å². The van der Waals surface area contributed by atoms with Crippen molar-refractivity contribution in [2.75, 3.05) is 11.9 Å². The number of nitrogens with one attached hydrogen (secondary N) is 2. The lowest BCUT2D eigenvalue weighted by Crippen LogP contribution is -2.20. The fourth-order valence-corrected chi connectivity index (χ4v) is 2.12. The number of hydrogen-bond acceptors (Lipinski definition) is 3. The average molecular weight is 262 g/mol. The van der Waals surface area contributed by atoms with Gasteiger partial charge in [-0.3, -0.25) is 4.79 Å². The predicted molar refractivity (Wildman–Crippen MR) is 74.4 cm³/mol. The molecule has 0 bridgehead atoms. The molecule has 2 aromatic rings. The molecule has 5 nitrogen and oxygen atoms in total. The molecular weight excluding hydrogens is 244 g/mol. The van der Waals surface area contributed by atoms with Crippen molar-refractivity contribution in [1.29, 1.82) is 0 Å². The number of H-pyrrole nitrogens is 1. The van der Waals surface area contributed by atoms with Gasteiger partial charge < -0.3 is 20.5 Å². The van der Waals surface area contributed by atoms with Crippen molar-refractivity contribution in [2.45, 2.75) is 25.9 Å². The first-order chi connectivity index (χ1) is 9.08. The van der Waals surface area contributed by atoms with Gasteiger partial charge in [-0.05, 0) is 19.4 Å². The van der Waals surface area contributed by atoms with Gasteiger partial charge in [-0.15, -0.1) is 0 Å². The smallest absolute Gasteiger partial charge is 0.303 e. The second-order valence-corrected chi connectivity index (χ2v) is 4.64. The molecule has 2 rings (SSSR count). The van der Waals surface area contributed by atoms with Gasteiger partial charge in [0.2, 0.25) is 0 Å². The van der Waals surface area contributed by atoms with Gasteiger partial charge in [-0.1, -0.05) is 18.2 Å². The fraction of sp³-hybridized carbons (Fsp3) is 0.357. The third-order valence-electron chi connectivity index (χ3n) is 3.10. The minimum absolute atomic E-state index is 0.0181. The molecule has 1 heterocycles. The van der Waals surface area contributed by atoms with Crippen LogP contribution in [0.1, 0.15) is 18.5 Å². The Morgan fingerprint density at radius 3 is 2.89 bits per heavy atom. The Labute approximate surface area is 111 Å². The zero-order valence-corrected chi connectivity index (χ0v) is 10.8. The van der Waals surface area contributed by atoms with E-state index in [0.29, 0.717) is 6.54 Å². The molecule has 1 atom stereocenters. The number of aryl methyl sites for hydroxylation is 1. The van der Waals surface area contributed by atoms with Crippen molar-refractivity contribution in [3.8, 4) is 0 Å². The van der Waals surface area contributed by atoms with Crippen LogP contribution in [0.15, 0.2) is 24.3 Å². The van der Waals surface area contributed by atoms with Crippen molar-refractivity contribution in [3.05, 3.63) is 30.0 Å². The highest BCUT2D eigenvalue weighted by Gasteiger charge is 2.11. The Kier molecular flexibility index (Phi) is 4.06. The number of rotatable bonds is 6. The number of para-hydroxylation sites is 1. The lowest BCUT2D eigenvalue weighted by Gasteiger charge is -2.12. The van der Waals surface area contributed by atoms with E-state index in [4.69, 9.17) is 5.11 Å². The zero-order chi connectivity index (χ0) is 13.8. The highest BCUT2D eigenvalue weighted by atomic mass is 16.4. The SMILES string of the molecule is Cc1[nH]c2ccccc2c1NCC(O)CCC(=O)O. The van der Waals surface area contributed by atoms with Gasteiger partial charge in [0.15, 0.2) is 0 Å². The number of aliphatic carboxylic acids is 1. The van der Waals surface area contributed by atoms with Crippen molar-refractivity contribution in [1.82, 2.24) is 4.98 Å². The van der Waals surface area contributed by atoms with Crippen LogP contribution in [0.4, 0.5) is 5.69 Å². The van der Waals surface area contributed by atoms with E-state index in [1.807, 2.05) is 31.2 Å². The van der Waals surface area contributed by atoms with Crippen molar-refractivity contribution < 1.29 is 15.0 Å². The van der Waals surface area contributed by atoms with Crippen LogP contribution in [0, 0.1) is 6.92 Å². The molecule has 0 amide bonds. The molecule has 0 radical (unpaired) electrons. The summed E-state index contributed by atoms with van der Waals surface area (Å²) in [5, 5.41) is 22.5. The topological polar surface area (TPSA) is 85.4 Å². The number of carboxylic acid groups (broad SMARTS) is 1. The summed E-state index contributed by atoms with van der Waals surface area (Å²) in [5.74, 6) is -0.887. The number of fused-ring (bicyclic) bond motifs is 1. The first kappa shape index (κ1) is 13.4. The standard InChI is InChI=1S/C14H18N2O3/c1-9-14(11-4-2-3-5-12(11)16-9)15-8-10(17)6-7-13(18)19/h2-5,10,15-17H,6-8H2,1H3,(H,18,19). The number of aliphatic hydroxyl groups excluding tert-OH is 1. The molecule has 0 fully saturated rings. The number of aliphatic hydroxyl groups is 1. The van der Waals surface area contributed by atoms with Crippen molar-refractivity contribution >= 4 is 22.6 Å². The molecule has 0 aliphatic carbocycles. The molecule has 1 unspecified atom stereocenters. The molecule has 0 spiro atoms. The van der Waals surface area contributed by atoms with Crippen LogP contribution in [-0.4, -0.2) is 33.8 Å². The van der Waals surface area contributed by atoms with Crippen LogP contribution < -0.4 is 5.32 Å². The van der Waals surface area contributed by atoms with E-state index in [9.17, 15) is 9.90 Å². The molecule has 1 aromatic carbocycles. The van der Waals surface area contributed by atoms with Crippen LogP contribution in [0.25, 0.3) is 10.9 Å². The maximum atomic E-state index is 10.4. The number of anilines is 1. The van der Waals surface area contributed by atoms with E-state index in [1.165, 1.54) is 0 Å². The summed E-state index contributed by atoms with van der Waals surface area (Å²) in [6.45, 7) is 2.31. The summed E-state index contributed by atoms with van der Waals surface area (Å²) >= 11 is 0. The lowest BCUT2D eigenvalue weighted by molar-refractivity contribution is -0.137. The van der Waals surface area contributed by atoms with Crippen LogP contribution >= 0.6 is 0 Å². The number of carbonyl (C=O) groups is 1. The van der Waals surface area contributed by atoms with Gasteiger partial charge in [-0.25, -0.2) is 0 Å². The lowest BCUT2D eigenvalue weighted by atomic mass is 10.2. The summed E-state index contributed by atoms with van der Waals surface area (Å²) in [4.78, 5) is 13.7. The summed E-state index contributed by atoms with van der Waals surface area (Å²) < 4.78 is 0. The summed E-state index contributed by atoms with van der Waals surface area (Å²) in [7, 11) is 0. The molecule has 102 valence electrons. The van der Waals surface area contributed by atoms with Crippen LogP contribution in [0.5, 0.6) is 0 Å². The van der Waals surface area contributed by atoms with Gasteiger partial charge in [0.05, 0.1) is 11.8 Å². The highest BCUT2D eigenvalue weighted by molar-refractivity contribution is 5.94. The summed E-state index contributed by atoms with van der Waals surface area (Å²) in [6.07, 6.45) is -0.427. The average Bonchev–Trinajstić information content (AvgIpc) is 2.69. The quantitative estimate of drug-likeness (QED) is 0.642. The number of carboxylic acids is 1. The molecule has 19 heavy (non-hydrogen) atoms.